The Morgan fingerprint density at radius 3 is 2.31 bits per heavy atom. The van der Waals surface area contributed by atoms with E-state index in [1.165, 1.54) is 30.5 Å². The van der Waals surface area contributed by atoms with Gasteiger partial charge in [0.15, 0.2) is 5.76 Å². The molecule has 35 heavy (non-hydrogen) atoms. The lowest BCUT2D eigenvalue weighted by Gasteiger charge is -2.39. The van der Waals surface area contributed by atoms with Gasteiger partial charge < -0.3 is 24.3 Å². The highest BCUT2D eigenvalue weighted by molar-refractivity contribution is 5.94. The number of benzene rings is 1. The first-order valence-electron chi connectivity index (χ1n) is 11.4. The molecule has 11 heteroatoms. The molecule has 0 aliphatic carbocycles. The molecule has 0 atom stereocenters. The van der Waals surface area contributed by atoms with E-state index in [0.717, 1.165) is 6.42 Å². The van der Waals surface area contributed by atoms with Crippen LogP contribution in [0.1, 0.15) is 35.4 Å². The minimum Gasteiger partial charge on any atom is -0.459 e. The Morgan fingerprint density at radius 1 is 0.971 bits per heavy atom. The maximum atomic E-state index is 12.9. The highest BCUT2D eigenvalue weighted by Gasteiger charge is 2.43. The predicted molar refractivity (Wildman–Crippen MR) is 117 cm³/mol. The smallest absolute Gasteiger partial charge is 0.459 e. The van der Waals surface area contributed by atoms with Crippen LogP contribution in [0.15, 0.2) is 47.1 Å². The summed E-state index contributed by atoms with van der Waals surface area (Å²) in [5.74, 6) is -1.12. The van der Waals surface area contributed by atoms with Gasteiger partial charge >= 0.3 is 6.36 Å². The zero-order chi connectivity index (χ0) is 25.1. The summed E-state index contributed by atoms with van der Waals surface area (Å²) in [6, 6.07) is 8.76. The predicted octanol–water partition coefficient (Wildman–Crippen LogP) is 2.99. The molecule has 0 unspecified atom stereocenters. The quantitative estimate of drug-likeness (QED) is 0.668. The Balaban J connectivity index is 1.26. The van der Waals surface area contributed by atoms with Gasteiger partial charge in [-0.3, -0.25) is 14.4 Å². The lowest BCUT2D eigenvalue weighted by molar-refractivity contribution is -0.274. The van der Waals surface area contributed by atoms with Gasteiger partial charge in [0.2, 0.25) is 11.8 Å². The van der Waals surface area contributed by atoms with Crippen LogP contribution in [0.5, 0.6) is 5.75 Å². The number of hydrogen-bond acceptors (Lipinski definition) is 5. The van der Waals surface area contributed by atoms with Crippen LogP contribution in [0.25, 0.3) is 0 Å². The molecule has 3 amide bonds. The van der Waals surface area contributed by atoms with Crippen LogP contribution in [0.2, 0.25) is 0 Å². The number of alkyl halides is 3. The number of carbonyl (C=O) groups excluding carboxylic acids is 3. The molecule has 4 rings (SSSR count). The summed E-state index contributed by atoms with van der Waals surface area (Å²) < 4.78 is 47.1. The number of piperidine rings is 1. The third kappa shape index (κ3) is 6.14. The van der Waals surface area contributed by atoms with Gasteiger partial charge in [0.1, 0.15) is 5.75 Å². The number of nitrogens with zero attached hydrogens (tertiary/aromatic N) is 2. The van der Waals surface area contributed by atoms with Gasteiger partial charge in [-0.2, -0.15) is 0 Å². The molecule has 188 valence electrons. The number of hydrogen-bond donors (Lipinski definition) is 1. The van der Waals surface area contributed by atoms with E-state index < -0.39 is 12.3 Å². The molecule has 2 saturated heterocycles. The van der Waals surface area contributed by atoms with Crippen molar-refractivity contribution in [3.63, 3.8) is 0 Å². The number of nitrogens with one attached hydrogen (secondary N) is 1. The third-order valence-electron chi connectivity index (χ3n) is 6.65. The SMILES string of the molecule is O=C(NCC(=O)N1CCC2(CC1)CCN(C(=O)Cc1ccccc1OC(F)(F)F)C2)c1ccco1. The van der Waals surface area contributed by atoms with Crippen molar-refractivity contribution in [3.8, 4) is 5.75 Å². The van der Waals surface area contributed by atoms with Crippen molar-refractivity contribution in [3.05, 3.63) is 54.0 Å². The molecular formula is C24H26F3N3O5. The lowest BCUT2D eigenvalue weighted by atomic mass is 9.78. The molecule has 2 aromatic rings. The van der Waals surface area contributed by atoms with Crippen LogP contribution in [0.3, 0.4) is 0 Å². The highest BCUT2D eigenvalue weighted by Crippen LogP contribution is 2.40. The first-order valence-corrected chi connectivity index (χ1v) is 11.4. The van der Waals surface area contributed by atoms with Gasteiger partial charge in [-0.05, 0) is 42.9 Å². The maximum absolute atomic E-state index is 12.9. The van der Waals surface area contributed by atoms with E-state index in [1.807, 2.05) is 0 Å². The van der Waals surface area contributed by atoms with Crippen molar-refractivity contribution in [2.75, 3.05) is 32.7 Å². The highest BCUT2D eigenvalue weighted by atomic mass is 19.4. The second-order valence-corrected chi connectivity index (χ2v) is 8.94. The molecular weight excluding hydrogens is 467 g/mol. The number of furan rings is 1. The Labute approximate surface area is 200 Å². The zero-order valence-electron chi connectivity index (χ0n) is 19.0. The summed E-state index contributed by atoms with van der Waals surface area (Å²) in [6.07, 6.45) is -1.43. The van der Waals surface area contributed by atoms with Crippen molar-refractivity contribution in [1.82, 2.24) is 15.1 Å². The van der Waals surface area contributed by atoms with E-state index in [9.17, 15) is 27.6 Å². The Bertz CT molecular complexity index is 1060. The maximum Gasteiger partial charge on any atom is 0.573 e. The van der Waals surface area contributed by atoms with Gasteiger partial charge in [-0.15, -0.1) is 13.2 Å². The number of carbonyl (C=O) groups is 3. The van der Waals surface area contributed by atoms with E-state index in [1.54, 1.807) is 21.9 Å². The molecule has 1 N–H and O–H groups in total. The number of amides is 3. The molecule has 8 nitrogen and oxygen atoms in total. The van der Waals surface area contributed by atoms with E-state index in [2.05, 4.69) is 10.1 Å². The van der Waals surface area contributed by atoms with Crippen molar-refractivity contribution in [2.24, 2.45) is 5.41 Å². The Hall–Kier alpha value is -3.50. The second-order valence-electron chi connectivity index (χ2n) is 8.94. The van der Waals surface area contributed by atoms with Gasteiger partial charge in [0.05, 0.1) is 19.2 Å². The number of rotatable bonds is 6. The number of halogens is 3. The summed E-state index contributed by atoms with van der Waals surface area (Å²) in [5, 5.41) is 2.55. The summed E-state index contributed by atoms with van der Waals surface area (Å²) in [4.78, 5) is 40.7. The third-order valence-corrected chi connectivity index (χ3v) is 6.65. The van der Waals surface area contributed by atoms with E-state index in [-0.39, 0.29) is 47.3 Å². The number of likely N-dealkylation sites (tertiary alicyclic amines) is 2. The Morgan fingerprint density at radius 2 is 1.66 bits per heavy atom. The fourth-order valence-corrected chi connectivity index (χ4v) is 4.70. The topological polar surface area (TPSA) is 92.1 Å². The van der Waals surface area contributed by atoms with Gasteiger partial charge in [-0.1, -0.05) is 18.2 Å². The molecule has 0 bridgehead atoms. The van der Waals surface area contributed by atoms with Crippen LogP contribution in [-0.2, 0) is 16.0 Å². The molecule has 1 aromatic carbocycles. The first kappa shape index (κ1) is 24.6. The van der Waals surface area contributed by atoms with Crippen LogP contribution < -0.4 is 10.1 Å². The summed E-state index contributed by atoms with van der Waals surface area (Å²) in [5.41, 5.74) is 0.0686. The van der Waals surface area contributed by atoms with E-state index in [4.69, 9.17) is 4.42 Å². The van der Waals surface area contributed by atoms with Crippen molar-refractivity contribution < 1.29 is 36.7 Å². The zero-order valence-corrected chi connectivity index (χ0v) is 19.0. The second kappa shape index (κ2) is 10.0. The van der Waals surface area contributed by atoms with E-state index >= 15 is 0 Å². The average molecular weight is 493 g/mol. The van der Waals surface area contributed by atoms with Crippen molar-refractivity contribution in [1.29, 1.82) is 0 Å². The first-order chi connectivity index (χ1) is 16.6. The molecule has 0 radical (unpaired) electrons. The molecule has 3 heterocycles. The molecule has 2 aliphatic heterocycles. The van der Waals surface area contributed by atoms with Gasteiger partial charge in [-0.25, -0.2) is 0 Å². The molecule has 1 spiro atoms. The average Bonchev–Trinajstić information content (AvgIpc) is 3.49. The van der Waals surface area contributed by atoms with Gasteiger partial charge in [0.25, 0.3) is 5.91 Å². The summed E-state index contributed by atoms with van der Waals surface area (Å²) >= 11 is 0. The van der Waals surface area contributed by atoms with E-state index in [0.29, 0.717) is 39.0 Å². The normalized spacial score (nSPS) is 17.5. The van der Waals surface area contributed by atoms with Crippen molar-refractivity contribution >= 4 is 17.7 Å². The van der Waals surface area contributed by atoms with Crippen LogP contribution in [-0.4, -0.2) is 66.6 Å². The minimum atomic E-state index is -4.83. The van der Waals surface area contributed by atoms with Crippen molar-refractivity contribution in [2.45, 2.75) is 32.0 Å². The lowest BCUT2D eigenvalue weighted by Crippen LogP contribution is -2.47. The number of para-hydroxylation sites is 1. The van der Waals surface area contributed by atoms with Crippen LogP contribution in [0.4, 0.5) is 13.2 Å². The molecule has 0 saturated carbocycles. The Kier molecular flexibility index (Phi) is 7.04. The molecule has 2 aliphatic rings. The number of ether oxygens (including phenoxy) is 1. The molecule has 2 fully saturated rings. The summed E-state index contributed by atoms with van der Waals surface area (Å²) in [6.45, 7) is 1.93. The largest absolute Gasteiger partial charge is 0.573 e. The fraction of sp³-hybridized carbons (Fsp3) is 0.458. The molecule has 1 aromatic heterocycles. The minimum absolute atomic E-state index is 0.119. The summed E-state index contributed by atoms with van der Waals surface area (Å²) in [7, 11) is 0. The van der Waals surface area contributed by atoms with Crippen LogP contribution in [0, 0.1) is 5.41 Å². The fourth-order valence-electron chi connectivity index (χ4n) is 4.70. The standard InChI is InChI=1S/C24H26F3N3O5/c25-24(26,27)35-18-5-2-1-4-17(18)14-20(31)30-12-9-23(16-30)7-10-29(11-8-23)21(32)15-28-22(33)19-6-3-13-34-19/h1-6,13H,7-12,14-16H2,(H,28,33). The van der Waals surface area contributed by atoms with Gasteiger partial charge in [0, 0.05) is 31.7 Å². The monoisotopic (exact) mass is 493 g/mol. The van der Waals surface area contributed by atoms with Crippen LogP contribution >= 0.6 is 0 Å².